The monoisotopic (exact) mass is 246 g/mol. The van der Waals surface area contributed by atoms with Gasteiger partial charge in [-0.15, -0.1) is 0 Å². The van der Waals surface area contributed by atoms with Crippen molar-refractivity contribution < 1.29 is 0 Å². The van der Waals surface area contributed by atoms with E-state index in [1.54, 1.807) is 0 Å². The smallest absolute Gasteiger partial charge is 0.0473 e. The fourth-order valence-corrected chi connectivity index (χ4v) is 2.55. The molecule has 2 N–H and O–H groups in total. The molecule has 2 heteroatoms. The normalized spacial score (nSPS) is 17.4. The first-order valence-corrected chi connectivity index (χ1v) is 7.14. The van der Waals surface area contributed by atoms with E-state index >= 15 is 0 Å². The van der Waals surface area contributed by atoms with Gasteiger partial charge < -0.3 is 5.73 Å². The molecular formula is C16H26N2. The fraction of sp³-hybridized carbons (Fsp3) is 0.625. The summed E-state index contributed by atoms with van der Waals surface area (Å²) < 4.78 is 0. The Labute approximate surface area is 111 Å². The minimum atomic E-state index is 0.367. The van der Waals surface area contributed by atoms with Crippen LogP contribution in [0.2, 0.25) is 0 Å². The molecule has 2 rings (SSSR count). The third-order valence-electron chi connectivity index (χ3n) is 3.91. The van der Waals surface area contributed by atoms with Crippen LogP contribution in [-0.2, 0) is 0 Å². The van der Waals surface area contributed by atoms with Crippen LogP contribution < -0.4 is 5.73 Å². The molecule has 18 heavy (non-hydrogen) atoms. The van der Waals surface area contributed by atoms with Crippen LogP contribution in [-0.4, -0.2) is 24.0 Å². The molecule has 1 atom stereocenters. The van der Waals surface area contributed by atoms with Crippen LogP contribution in [0.3, 0.4) is 0 Å². The first-order valence-electron chi connectivity index (χ1n) is 7.14. The van der Waals surface area contributed by atoms with E-state index in [-0.39, 0.29) is 0 Å². The summed E-state index contributed by atoms with van der Waals surface area (Å²) in [7, 11) is 0. The average molecular weight is 246 g/mol. The lowest BCUT2D eigenvalue weighted by Gasteiger charge is -2.35. The van der Waals surface area contributed by atoms with Gasteiger partial charge in [0.25, 0.3) is 0 Å². The maximum Gasteiger partial charge on any atom is 0.0473 e. The van der Waals surface area contributed by atoms with Crippen molar-refractivity contribution in [1.29, 1.82) is 0 Å². The molecule has 1 aliphatic carbocycles. The average Bonchev–Trinajstić information content (AvgIpc) is 3.15. The van der Waals surface area contributed by atoms with Gasteiger partial charge in [0.15, 0.2) is 0 Å². The van der Waals surface area contributed by atoms with E-state index < -0.39 is 0 Å². The molecule has 0 aromatic heterocycles. The van der Waals surface area contributed by atoms with E-state index in [4.69, 9.17) is 5.73 Å². The van der Waals surface area contributed by atoms with E-state index in [2.05, 4.69) is 49.9 Å². The molecule has 0 bridgehead atoms. The number of aryl methyl sites for hydroxylation is 1. The summed E-state index contributed by atoms with van der Waals surface area (Å²) in [4.78, 5) is 2.57. The van der Waals surface area contributed by atoms with Crippen LogP contribution in [0.4, 0.5) is 0 Å². The highest BCUT2D eigenvalue weighted by molar-refractivity contribution is 5.24. The molecule has 0 heterocycles. The minimum Gasteiger partial charge on any atom is -0.329 e. The summed E-state index contributed by atoms with van der Waals surface area (Å²) in [6.07, 6.45) is 2.79. The lowest BCUT2D eigenvalue weighted by Crippen LogP contribution is -2.40. The van der Waals surface area contributed by atoms with Crippen LogP contribution in [0.25, 0.3) is 0 Å². The Hall–Kier alpha value is -0.860. The molecule has 2 nitrogen and oxygen atoms in total. The SMILES string of the molecule is Cc1ccc(C(CN)N(CC2CC2)C(C)C)cc1. The molecule has 1 aliphatic rings. The highest BCUT2D eigenvalue weighted by Crippen LogP contribution is 2.33. The van der Waals surface area contributed by atoms with Crippen molar-refractivity contribution in [3.8, 4) is 0 Å². The Morgan fingerprint density at radius 3 is 2.28 bits per heavy atom. The first kappa shape index (κ1) is 13.6. The lowest BCUT2D eigenvalue weighted by atomic mass is 10.0. The van der Waals surface area contributed by atoms with Crippen LogP contribution in [0.1, 0.15) is 43.9 Å². The molecule has 0 saturated heterocycles. The summed E-state index contributed by atoms with van der Waals surface area (Å²) in [5.74, 6) is 0.909. The van der Waals surface area contributed by atoms with Gasteiger partial charge in [-0.05, 0) is 45.1 Å². The molecule has 100 valence electrons. The van der Waals surface area contributed by atoms with Gasteiger partial charge in [0, 0.05) is 25.2 Å². The van der Waals surface area contributed by atoms with Crippen molar-refractivity contribution in [1.82, 2.24) is 4.90 Å². The van der Waals surface area contributed by atoms with Crippen LogP contribution in [0.5, 0.6) is 0 Å². The largest absolute Gasteiger partial charge is 0.329 e. The van der Waals surface area contributed by atoms with E-state index in [0.29, 0.717) is 18.6 Å². The first-order chi connectivity index (χ1) is 8.61. The van der Waals surface area contributed by atoms with Gasteiger partial charge in [0.05, 0.1) is 0 Å². The van der Waals surface area contributed by atoms with Gasteiger partial charge >= 0.3 is 0 Å². The van der Waals surface area contributed by atoms with E-state index in [1.807, 2.05) is 0 Å². The molecule has 0 aliphatic heterocycles. The van der Waals surface area contributed by atoms with Gasteiger partial charge in [0.2, 0.25) is 0 Å². The molecule has 1 aromatic carbocycles. The molecule has 1 saturated carbocycles. The standard InChI is InChI=1S/C16H26N2/c1-12(2)18(11-14-6-7-14)16(10-17)15-8-4-13(3)5-9-15/h4-5,8-9,12,14,16H,6-7,10-11,17H2,1-3H3. The Balaban J connectivity index is 2.15. The van der Waals surface area contributed by atoms with Crippen molar-refractivity contribution in [2.75, 3.05) is 13.1 Å². The Bertz CT molecular complexity index is 365. The molecule has 0 spiro atoms. The van der Waals surface area contributed by atoms with Gasteiger partial charge in [0.1, 0.15) is 0 Å². The van der Waals surface area contributed by atoms with Gasteiger partial charge in [-0.25, -0.2) is 0 Å². The van der Waals surface area contributed by atoms with Crippen LogP contribution >= 0.6 is 0 Å². The molecule has 1 unspecified atom stereocenters. The van der Waals surface area contributed by atoms with Crippen LogP contribution in [0.15, 0.2) is 24.3 Å². The summed E-state index contributed by atoms with van der Waals surface area (Å²) in [6, 6.07) is 9.76. The molecule has 1 fully saturated rings. The van der Waals surface area contributed by atoms with Crippen molar-refractivity contribution in [2.24, 2.45) is 11.7 Å². The third kappa shape index (κ3) is 3.33. The summed E-state index contributed by atoms with van der Waals surface area (Å²) >= 11 is 0. The number of benzene rings is 1. The summed E-state index contributed by atoms with van der Waals surface area (Å²) in [6.45, 7) is 8.59. The minimum absolute atomic E-state index is 0.367. The fourth-order valence-electron chi connectivity index (χ4n) is 2.55. The maximum absolute atomic E-state index is 6.04. The van der Waals surface area contributed by atoms with Crippen molar-refractivity contribution in [3.63, 3.8) is 0 Å². The zero-order valence-corrected chi connectivity index (χ0v) is 11.9. The van der Waals surface area contributed by atoms with Crippen molar-refractivity contribution in [2.45, 2.75) is 45.7 Å². The number of hydrogen-bond acceptors (Lipinski definition) is 2. The maximum atomic E-state index is 6.04. The number of nitrogens with zero attached hydrogens (tertiary/aromatic N) is 1. The Morgan fingerprint density at radius 2 is 1.83 bits per heavy atom. The number of hydrogen-bond donors (Lipinski definition) is 1. The van der Waals surface area contributed by atoms with Gasteiger partial charge in [-0.2, -0.15) is 0 Å². The van der Waals surface area contributed by atoms with Gasteiger partial charge in [-0.1, -0.05) is 29.8 Å². The molecule has 1 aromatic rings. The van der Waals surface area contributed by atoms with E-state index in [9.17, 15) is 0 Å². The predicted molar refractivity (Wildman–Crippen MR) is 77.5 cm³/mol. The lowest BCUT2D eigenvalue weighted by molar-refractivity contribution is 0.149. The third-order valence-corrected chi connectivity index (χ3v) is 3.91. The zero-order chi connectivity index (χ0) is 13.1. The van der Waals surface area contributed by atoms with E-state index in [1.165, 1.54) is 30.5 Å². The second kappa shape index (κ2) is 5.85. The van der Waals surface area contributed by atoms with E-state index in [0.717, 1.165) is 5.92 Å². The predicted octanol–water partition coefficient (Wildman–Crippen LogP) is 3.12. The van der Waals surface area contributed by atoms with Gasteiger partial charge in [-0.3, -0.25) is 4.90 Å². The quantitative estimate of drug-likeness (QED) is 0.835. The van der Waals surface area contributed by atoms with Crippen LogP contribution in [0, 0.1) is 12.8 Å². The molecule has 0 radical (unpaired) electrons. The Kier molecular flexibility index (Phi) is 4.41. The van der Waals surface area contributed by atoms with Crippen molar-refractivity contribution >= 4 is 0 Å². The second-order valence-electron chi connectivity index (χ2n) is 5.90. The van der Waals surface area contributed by atoms with Crippen molar-refractivity contribution in [3.05, 3.63) is 35.4 Å². The molecule has 0 amide bonds. The molecular weight excluding hydrogens is 220 g/mol. The summed E-state index contributed by atoms with van der Waals surface area (Å²) in [5, 5.41) is 0. The zero-order valence-electron chi connectivity index (χ0n) is 11.9. The highest BCUT2D eigenvalue weighted by Gasteiger charge is 2.29. The topological polar surface area (TPSA) is 29.3 Å². The Morgan fingerprint density at radius 1 is 1.22 bits per heavy atom. The number of rotatable bonds is 6. The number of nitrogens with two attached hydrogens (primary N) is 1. The second-order valence-corrected chi connectivity index (χ2v) is 5.90. The highest BCUT2D eigenvalue weighted by atomic mass is 15.2. The summed E-state index contributed by atoms with van der Waals surface area (Å²) in [5.41, 5.74) is 8.71.